The Hall–Kier alpha value is -2.58. The first kappa shape index (κ1) is 18.8. The molecule has 144 valence electrons. The number of anilines is 1. The van der Waals surface area contributed by atoms with Crippen molar-refractivity contribution in [1.29, 1.82) is 0 Å². The number of hydrogen-bond acceptors (Lipinski definition) is 4. The molecule has 1 atom stereocenters. The molecule has 1 aromatic carbocycles. The Labute approximate surface area is 167 Å². The van der Waals surface area contributed by atoms with E-state index in [1.807, 2.05) is 17.5 Å². The third kappa shape index (κ3) is 3.45. The molecule has 4 rings (SSSR count). The molecule has 0 spiro atoms. The van der Waals surface area contributed by atoms with Crippen LogP contribution < -0.4 is 5.32 Å². The molecular formula is C19H13ClF3N3OS. The maximum Gasteiger partial charge on any atom is 0.417 e. The van der Waals surface area contributed by atoms with Gasteiger partial charge in [-0.1, -0.05) is 17.7 Å². The lowest BCUT2D eigenvalue weighted by Crippen LogP contribution is -2.31. The van der Waals surface area contributed by atoms with Crippen LogP contribution in [-0.4, -0.2) is 15.8 Å². The number of fused-ring (bicyclic) bond motifs is 1. The van der Waals surface area contributed by atoms with E-state index < -0.39 is 17.9 Å². The first-order valence-corrected chi connectivity index (χ1v) is 9.52. The smallest absolute Gasteiger partial charge is 0.360 e. The Kier molecular flexibility index (Phi) is 4.76. The van der Waals surface area contributed by atoms with Crippen LogP contribution in [0.4, 0.5) is 18.9 Å². The van der Waals surface area contributed by atoms with Gasteiger partial charge in [-0.05, 0) is 41.8 Å². The summed E-state index contributed by atoms with van der Waals surface area (Å²) < 4.78 is 39.6. The third-order valence-electron chi connectivity index (χ3n) is 4.38. The van der Waals surface area contributed by atoms with Gasteiger partial charge >= 0.3 is 6.18 Å². The number of nitrogens with one attached hydrogen (secondary N) is 1. The van der Waals surface area contributed by atoms with Gasteiger partial charge < -0.3 is 10.2 Å². The van der Waals surface area contributed by atoms with Crippen molar-refractivity contribution < 1.29 is 18.0 Å². The highest BCUT2D eigenvalue weighted by atomic mass is 35.5. The van der Waals surface area contributed by atoms with E-state index >= 15 is 0 Å². The predicted molar refractivity (Wildman–Crippen MR) is 101 cm³/mol. The fraction of sp³-hybridized carbons (Fsp3) is 0.158. The Morgan fingerprint density at radius 1 is 1.21 bits per heavy atom. The molecule has 0 saturated heterocycles. The fourth-order valence-electron chi connectivity index (χ4n) is 3.11. The lowest BCUT2D eigenvalue weighted by Gasteiger charge is -2.26. The SMILES string of the molecule is O=C1c2cccnc2C(Nc2ccc(Cl)c(C(F)(F)F)c2)N1Cc1cccs1. The fourth-order valence-corrected chi connectivity index (χ4v) is 4.03. The second kappa shape index (κ2) is 7.10. The average Bonchev–Trinajstić information content (AvgIpc) is 3.25. The number of hydrogen-bond donors (Lipinski definition) is 1. The molecule has 0 saturated carbocycles. The molecule has 0 bridgehead atoms. The molecule has 1 aliphatic rings. The molecule has 1 unspecified atom stereocenters. The van der Waals surface area contributed by atoms with Gasteiger partial charge in [0.1, 0.15) is 6.17 Å². The number of carbonyl (C=O) groups is 1. The zero-order valence-electron chi connectivity index (χ0n) is 14.2. The van der Waals surface area contributed by atoms with Crippen LogP contribution in [0.2, 0.25) is 5.02 Å². The van der Waals surface area contributed by atoms with Crippen LogP contribution in [0, 0.1) is 0 Å². The van der Waals surface area contributed by atoms with Crippen molar-refractivity contribution in [3.63, 3.8) is 0 Å². The van der Waals surface area contributed by atoms with Crippen LogP contribution in [-0.2, 0) is 12.7 Å². The average molecular weight is 424 g/mol. The molecule has 3 heterocycles. The van der Waals surface area contributed by atoms with Gasteiger partial charge in [0, 0.05) is 16.8 Å². The van der Waals surface area contributed by atoms with Gasteiger partial charge in [-0.3, -0.25) is 9.78 Å². The minimum atomic E-state index is -4.58. The van der Waals surface area contributed by atoms with Gasteiger partial charge in [0.25, 0.3) is 5.91 Å². The van der Waals surface area contributed by atoms with Crippen molar-refractivity contribution in [2.24, 2.45) is 0 Å². The van der Waals surface area contributed by atoms with Crippen LogP contribution in [0.25, 0.3) is 0 Å². The molecular weight excluding hydrogens is 411 g/mol. The summed E-state index contributed by atoms with van der Waals surface area (Å²) in [4.78, 5) is 19.7. The van der Waals surface area contributed by atoms with E-state index in [4.69, 9.17) is 11.6 Å². The summed E-state index contributed by atoms with van der Waals surface area (Å²) in [5.41, 5.74) is 0.174. The maximum absolute atomic E-state index is 13.2. The first-order valence-electron chi connectivity index (χ1n) is 8.26. The number of benzene rings is 1. The van der Waals surface area contributed by atoms with Crippen LogP contribution in [0.5, 0.6) is 0 Å². The second-order valence-corrected chi connectivity index (χ2v) is 7.63. The Morgan fingerprint density at radius 3 is 2.75 bits per heavy atom. The number of carbonyl (C=O) groups excluding carboxylic acids is 1. The van der Waals surface area contributed by atoms with Crippen molar-refractivity contribution in [1.82, 2.24) is 9.88 Å². The number of pyridine rings is 1. The molecule has 1 amide bonds. The van der Waals surface area contributed by atoms with Gasteiger partial charge in [-0.2, -0.15) is 13.2 Å². The number of rotatable bonds is 4. The van der Waals surface area contributed by atoms with Crippen LogP contribution >= 0.6 is 22.9 Å². The lowest BCUT2D eigenvalue weighted by atomic mass is 10.1. The minimum Gasteiger partial charge on any atom is -0.360 e. The van der Waals surface area contributed by atoms with Crippen molar-refractivity contribution in [3.8, 4) is 0 Å². The predicted octanol–water partition coefficient (Wildman–Crippen LogP) is 5.58. The van der Waals surface area contributed by atoms with Crippen LogP contribution in [0.3, 0.4) is 0 Å². The number of alkyl halides is 3. The number of halogens is 4. The van der Waals surface area contributed by atoms with Gasteiger partial charge in [0.05, 0.1) is 28.4 Å². The lowest BCUT2D eigenvalue weighted by molar-refractivity contribution is -0.137. The standard InChI is InChI=1S/C19H13ClF3N3OS/c20-15-6-5-11(9-14(15)19(21,22)23)25-17-16-13(4-1-7-24-16)18(27)26(17)10-12-3-2-8-28-12/h1-9,17,25H,10H2. The highest BCUT2D eigenvalue weighted by Gasteiger charge is 2.39. The van der Waals surface area contributed by atoms with E-state index in [1.54, 1.807) is 23.2 Å². The molecule has 1 aliphatic heterocycles. The summed E-state index contributed by atoms with van der Waals surface area (Å²) in [6, 6.07) is 10.7. The van der Waals surface area contributed by atoms with E-state index in [0.29, 0.717) is 17.8 Å². The zero-order chi connectivity index (χ0) is 19.9. The van der Waals surface area contributed by atoms with E-state index in [1.165, 1.54) is 23.5 Å². The van der Waals surface area contributed by atoms with Crippen LogP contribution in [0.1, 0.15) is 32.7 Å². The Balaban J connectivity index is 1.70. The summed E-state index contributed by atoms with van der Waals surface area (Å²) >= 11 is 7.20. The van der Waals surface area contributed by atoms with Crippen molar-refractivity contribution in [2.45, 2.75) is 18.9 Å². The first-order chi connectivity index (χ1) is 13.3. The second-order valence-electron chi connectivity index (χ2n) is 6.19. The molecule has 1 N–H and O–H groups in total. The van der Waals surface area contributed by atoms with Crippen molar-refractivity contribution in [3.05, 3.63) is 80.8 Å². The molecule has 2 aromatic heterocycles. The number of thiophene rings is 1. The van der Waals surface area contributed by atoms with Crippen LogP contribution in [0.15, 0.2) is 54.0 Å². The van der Waals surface area contributed by atoms with E-state index in [2.05, 4.69) is 10.3 Å². The van der Waals surface area contributed by atoms with Gasteiger partial charge in [0.2, 0.25) is 0 Å². The Morgan fingerprint density at radius 2 is 2.04 bits per heavy atom. The largest absolute Gasteiger partial charge is 0.417 e. The topological polar surface area (TPSA) is 45.2 Å². The van der Waals surface area contributed by atoms with Gasteiger partial charge in [0.15, 0.2) is 0 Å². The summed E-state index contributed by atoms with van der Waals surface area (Å²) in [6.45, 7) is 0.324. The molecule has 0 radical (unpaired) electrons. The molecule has 4 nitrogen and oxygen atoms in total. The van der Waals surface area contributed by atoms with Crippen molar-refractivity contribution >= 4 is 34.5 Å². The monoisotopic (exact) mass is 423 g/mol. The highest BCUT2D eigenvalue weighted by Crippen LogP contribution is 2.39. The van der Waals surface area contributed by atoms with E-state index in [0.717, 1.165) is 10.9 Å². The normalized spacial score (nSPS) is 16.4. The summed E-state index contributed by atoms with van der Waals surface area (Å²) in [5.74, 6) is -0.223. The summed E-state index contributed by atoms with van der Waals surface area (Å²) in [7, 11) is 0. The van der Waals surface area contributed by atoms with Gasteiger partial charge in [-0.15, -0.1) is 11.3 Å². The quantitative estimate of drug-likeness (QED) is 0.595. The number of amides is 1. The number of nitrogens with zero attached hydrogens (tertiary/aromatic N) is 2. The van der Waals surface area contributed by atoms with E-state index in [9.17, 15) is 18.0 Å². The third-order valence-corrected chi connectivity index (χ3v) is 5.57. The van der Waals surface area contributed by atoms with E-state index in [-0.39, 0.29) is 16.6 Å². The molecule has 0 fully saturated rings. The maximum atomic E-state index is 13.2. The van der Waals surface area contributed by atoms with Gasteiger partial charge in [-0.25, -0.2) is 0 Å². The summed E-state index contributed by atoms with van der Waals surface area (Å²) in [5, 5.41) is 4.54. The number of aromatic nitrogens is 1. The molecule has 3 aromatic rings. The molecule has 0 aliphatic carbocycles. The summed E-state index contributed by atoms with van der Waals surface area (Å²) in [6.07, 6.45) is -3.71. The van der Waals surface area contributed by atoms with Crippen molar-refractivity contribution in [2.75, 3.05) is 5.32 Å². The zero-order valence-corrected chi connectivity index (χ0v) is 15.8. The minimum absolute atomic E-state index is 0.198. The molecule has 28 heavy (non-hydrogen) atoms. The molecule has 9 heteroatoms. The highest BCUT2D eigenvalue weighted by molar-refractivity contribution is 7.09. The Bertz CT molecular complexity index is 1020.